The monoisotopic (exact) mass is 349 g/mol. The fourth-order valence-corrected chi connectivity index (χ4v) is 3.00. The van der Waals surface area contributed by atoms with Gasteiger partial charge in [-0.15, -0.1) is 25.6 Å². The molecular weight excluding hydrogens is 331 g/mol. The third kappa shape index (κ3) is 4.61. The van der Waals surface area contributed by atoms with Gasteiger partial charge in [-0.2, -0.15) is 0 Å². The van der Waals surface area contributed by atoms with E-state index in [1.54, 1.807) is 6.07 Å². The molecule has 128 valence electrons. The molecule has 1 aliphatic heterocycles. The van der Waals surface area contributed by atoms with E-state index in [0.717, 1.165) is 44.3 Å². The second-order valence-electron chi connectivity index (χ2n) is 5.96. The van der Waals surface area contributed by atoms with Gasteiger partial charge < -0.3 is 10.1 Å². The first-order valence-electron chi connectivity index (χ1n) is 7.58. The van der Waals surface area contributed by atoms with E-state index in [4.69, 9.17) is 0 Å². The van der Waals surface area contributed by atoms with Crippen LogP contribution in [0.3, 0.4) is 0 Å². The highest BCUT2D eigenvalue weighted by Crippen LogP contribution is 2.43. The molecule has 1 saturated heterocycles. The van der Waals surface area contributed by atoms with Gasteiger partial charge in [-0.05, 0) is 62.4 Å². The van der Waals surface area contributed by atoms with Crippen LogP contribution in [-0.4, -0.2) is 25.2 Å². The maximum atomic E-state index is 12.7. The molecule has 3 nitrogen and oxygen atoms in total. The zero-order chi connectivity index (χ0) is 15.7. The summed E-state index contributed by atoms with van der Waals surface area (Å²) in [5, 5.41) is 3.19. The van der Waals surface area contributed by atoms with Crippen LogP contribution in [-0.2, 0) is 0 Å². The number of hydrogen-bond donors (Lipinski definition) is 1. The Labute approximate surface area is 139 Å². The Morgan fingerprint density at radius 3 is 2.35 bits per heavy atom. The van der Waals surface area contributed by atoms with Gasteiger partial charge in [0.25, 0.3) is 0 Å². The van der Waals surface area contributed by atoms with Crippen molar-refractivity contribution in [2.24, 2.45) is 5.92 Å². The zero-order valence-electron chi connectivity index (χ0n) is 12.5. The van der Waals surface area contributed by atoms with Gasteiger partial charge in [0.05, 0.1) is 0 Å². The van der Waals surface area contributed by atoms with Gasteiger partial charge in [0, 0.05) is 11.5 Å². The second-order valence-corrected chi connectivity index (χ2v) is 5.96. The third-order valence-electron chi connectivity index (χ3n) is 4.25. The molecule has 3 rings (SSSR count). The lowest BCUT2D eigenvalue weighted by atomic mass is 9.86. The molecule has 0 amide bonds. The van der Waals surface area contributed by atoms with Crippen LogP contribution in [0.2, 0.25) is 0 Å². The molecule has 0 aromatic heterocycles. The van der Waals surface area contributed by atoms with E-state index in [1.165, 1.54) is 12.1 Å². The molecule has 0 unspecified atom stereocenters. The summed E-state index contributed by atoms with van der Waals surface area (Å²) in [4.78, 5) is 12.7. The summed E-state index contributed by atoms with van der Waals surface area (Å²) in [5.41, 5.74) is 1.29. The average Bonchev–Trinajstić information content (AvgIpc) is 3.30. The second kappa shape index (κ2) is 7.09. The summed E-state index contributed by atoms with van der Waals surface area (Å²) in [7, 11) is 0. The van der Waals surface area contributed by atoms with E-state index in [-0.39, 0.29) is 29.9 Å². The molecule has 1 N–H and O–H groups in total. The van der Waals surface area contributed by atoms with E-state index in [9.17, 15) is 18.0 Å². The molecule has 0 spiro atoms. The van der Waals surface area contributed by atoms with Crippen molar-refractivity contribution in [3.63, 3.8) is 0 Å². The van der Waals surface area contributed by atoms with Crippen molar-refractivity contribution in [2.75, 3.05) is 13.1 Å². The molecule has 1 saturated carbocycles. The number of ether oxygens (including phenoxy) is 1. The number of carbonyl (C=O) groups is 1. The number of piperidine rings is 1. The molecule has 1 aromatic carbocycles. The Kier molecular flexibility index (Phi) is 5.57. The number of halogens is 4. The lowest BCUT2D eigenvalue weighted by molar-refractivity contribution is -0.274. The first-order chi connectivity index (χ1) is 10.4. The molecule has 0 bridgehead atoms. The molecule has 23 heavy (non-hydrogen) atoms. The molecule has 7 heteroatoms. The van der Waals surface area contributed by atoms with Crippen LogP contribution in [0, 0.1) is 5.92 Å². The van der Waals surface area contributed by atoms with E-state index in [0.29, 0.717) is 11.5 Å². The minimum absolute atomic E-state index is 0. The van der Waals surface area contributed by atoms with Crippen molar-refractivity contribution in [3.05, 3.63) is 29.3 Å². The summed E-state index contributed by atoms with van der Waals surface area (Å²) in [6.07, 6.45) is -1.30. The summed E-state index contributed by atoms with van der Waals surface area (Å²) in [5.74, 6) is -0.161. The molecule has 0 radical (unpaired) electrons. The Morgan fingerprint density at radius 1 is 1.13 bits per heavy atom. The average molecular weight is 350 g/mol. The fraction of sp³-hybridized carbons (Fsp3) is 0.562. The number of nitrogens with one attached hydrogen (secondary N) is 1. The van der Waals surface area contributed by atoms with Crippen LogP contribution in [0.25, 0.3) is 0 Å². The molecule has 2 fully saturated rings. The van der Waals surface area contributed by atoms with Crippen LogP contribution in [0.4, 0.5) is 13.2 Å². The third-order valence-corrected chi connectivity index (χ3v) is 4.25. The predicted octanol–water partition coefficient (Wildman–Crippen LogP) is 4.07. The smallest absolute Gasteiger partial charge is 0.406 e. The molecule has 1 heterocycles. The van der Waals surface area contributed by atoms with Gasteiger partial charge in [-0.1, -0.05) is 6.07 Å². The maximum absolute atomic E-state index is 12.7. The van der Waals surface area contributed by atoms with E-state index in [1.807, 2.05) is 0 Å². The predicted molar refractivity (Wildman–Crippen MR) is 82.3 cm³/mol. The van der Waals surface area contributed by atoms with Crippen LogP contribution in [0.15, 0.2) is 18.2 Å². The summed E-state index contributed by atoms with van der Waals surface area (Å²) >= 11 is 0. The Balaban J connectivity index is 0.00000192. The number of Topliss-reactive ketones (excluding diaryl/α,β-unsaturated/α-hetero) is 1. The molecule has 2 aliphatic rings. The van der Waals surface area contributed by atoms with Crippen LogP contribution < -0.4 is 10.1 Å². The topological polar surface area (TPSA) is 38.3 Å². The van der Waals surface area contributed by atoms with Gasteiger partial charge in [0.1, 0.15) is 5.75 Å². The highest BCUT2D eigenvalue weighted by atomic mass is 35.5. The van der Waals surface area contributed by atoms with Crippen LogP contribution >= 0.6 is 12.4 Å². The van der Waals surface area contributed by atoms with Gasteiger partial charge in [-0.3, -0.25) is 4.79 Å². The van der Waals surface area contributed by atoms with E-state index in [2.05, 4.69) is 10.1 Å². The number of alkyl halides is 3. The quantitative estimate of drug-likeness (QED) is 0.833. The number of carbonyl (C=O) groups excluding carboxylic acids is 1. The Morgan fingerprint density at radius 2 is 1.78 bits per heavy atom. The first kappa shape index (κ1) is 18.1. The van der Waals surface area contributed by atoms with Crippen molar-refractivity contribution in [3.8, 4) is 5.75 Å². The zero-order valence-corrected chi connectivity index (χ0v) is 13.3. The van der Waals surface area contributed by atoms with Crippen molar-refractivity contribution >= 4 is 18.2 Å². The van der Waals surface area contributed by atoms with Crippen LogP contribution in [0.5, 0.6) is 5.75 Å². The SMILES string of the molecule is Cl.O=C(c1cc(OC(F)(F)F)ccc1C1CC1)C1CCNCC1. The highest BCUT2D eigenvalue weighted by Gasteiger charge is 2.34. The molecular formula is C16H19ClF3NO2. The Bertz CT molecular complexity index is 567. The summed E-state index contributed by atoms with van der Waals surface area (Å²) in [6.45, 7) is 1.54. The normalized spacial score (nSPS) is 19.1. The lowest BCUT2D eigenvalue weighted by Crippen LogP contribution is -2.32. The van der Waals surface area contributed by atoms with E-state index < -0.39 is 6.36 Å². The Hall–Kier alpha value is -1.27. The maximum Gasteiger partial charge on any atom is 0.573 e. The highest BCUT2D eigenvalue weighted by molar-refractivity contribution is 6.00. The van der Waals surface area contributed by atoms with Gasteiger partial charge in [0.15, 0.2) is 5.78 Å². The minimum Gasteiger partial charge on any atom is -0.406 e. The summed E-state index contributed by atoms with van der Waals surface area (Å²) in [6, 6.07) is 4.19. The molecule has 0 atom stereocenters. The number of benzene rings is 1. The number of rotatable bonds is 4. The standard InChI is InChI=1S/C16H18F3NO2.ClH/c17-16(18,19)22-12-3-4-13(10-1-2-10)14(9-12)15(21)11-5-7-20-8-6-11;/h3-4,9-11,20H,1-2,5-8H2;1H. The largest absolute Gasteiger partial charge is 0.573 e. The lowest BCUT2D eigenvalue weighted by Gasteiger charge is -2.23. The van der Waals surface area contributed by atoms with Crippen molar-refractivity contribution in [2.45, 2.75) is 38.0 Å². The van der Waals surface area contributed by atoms with Gasteiger partial charge in [-0.25, -0.2) is 0 Å². The summed E-state index contributed by atoms with van der Waals surface area (Å²) < 4.78 is 41.1. The number of ketones is 1. The molecule has 1 aromatic rings. The minimum atomic E-state index is -4.74. The number of hydrogen-bond acceptors (Lipinski definition) is 3. The van der Waals surface area contributed by atoms with Crippen LogP contribution in [0.1, 0.15) is 47.5 Å². The van der Waals surface area contributed by atoms with Crippen molar-refractivity contribution in [1.82, 2.24) is 5.32 Å². The van der Waals surface area contributed by atoms with Crippen molar-refractivity contribution < 1.29 is 22.7 Å². The first-order valence-corrected chi connectivity index (χ1v) is 7.58. The van der Waals surface area contributed by atoms with Crippen molar-refractivity contribution in [1.29, 1.82) is 0 Å². The van der Waals surface area contributed by atoms with E-state index >= 15 is 0 Å². The fourth-order valence-electron chi connectivity index (χ4n) is 3.00. The van der Waals surface area contributed by atoms with Gasteiger partial charge >= 0.3 is 6.36 Å². The van der Waals surface area contributed by atoms with Gasteiger partial charge in [0.2, 0.25) is 0 Å². The molecule has 1 aliphatic carbocycles.